The van der Waals surface area contributed by atoms with Crippen LogP contribution in [0.15, 0.2) is 134 Å². The molecule has 9 nitrogen and oxygen atoms in total. The molecule has 0 radical (unpaired) electrons. The van der Waals surface area contributed by atoms with Crippen molar-refractivity contribution < 1.29 is 37.6 Å². The van der Waals surface area contributed by atoms with E-state index in [9.17, 15) is 19.0 Å². The van der Waals surface area contributed by atoms with E-state index < -0.39 is 26.5 Å². The minimum Gasteiger partial charge on any atom is -0.462 e. The van der Waals surface area contributed by atoms with Crippen LogP contribution >= 0.6 is 7.82 Å². The van der Waals surface area contributed by atoms with Gasteiger partial charge in [-0.05, 0) is 109 Å². The molecule has 0 aliphatic carbocycles. The first-order valence-electron chi connectivity index (χ1n) is 34.7. The van der Waals surface area contributed by atoms with Gasteiger partial charge in [0.15, 0.2) is 6.10 Å². The van der Waals surface area contributed by atoms with Crippen molar-refractivity contribution in [2.24, 2.45) is 5.73 Å². The number of nitrogens with two attached hydrogens (primary N) is 1. The van der Waals surface area contributed by atoms with Gasteiger partial charge in [-0.3, -0.25) is 18.6 Å². The number of phosphoric ester groups is 1. The third-order valence-corrected chi connectivity index (χ3v) is 15.5. The number of hydrogen-bond donors (Lipinski definition) is 2. The minimum atomic E-state index is -4.40. The number of ether oxygens (including phenoxy) is 2. The van der Waals surface area contributed by atoms with E-state index in [0.717, 1.165) is 116 Å². The number of unbranched alkanes of at least 4 members (excludes halogenated alkanes) is 29. The van der Waals surface area contributed by atoms with Gasteiger partial charge in [0.05, 0.1) is 13.2 Å². The summed E-state index contributed by atoms with van der Waals surface area (Å²) in [7, 11) is -4.40. The lowest BCUT2D eigenvalue weighted by Crippen LogP contribution is -2.29. The molecule has 0 fully saturated rings. The van der Waals surface area contributed by atoms with Crippen molar-refractivity contribution in [3.63, 3.8) is 0 Å². The first-order valence-corrected chi connectivity index (χ1v) is 36.2. The fourth-order valence-electron chi connectivity index (χ4n) is 9.49. The van der Waals surface area contributed by atoms with Crippen LogP contribution < -0.4 is 5.73 Å². The topological polar surface area (TPSA) is 134 Å². The molecular weight excluding hydrogens is 1070 g/mol. The first-order chi connectivity index (χ1) is 41.8. The number of allylic oxidation sites excluding steroid dienone is 22. The van der Waals surface area contributed by atoms with Gasteiger partial charge >= 0.3 is 19.8 Å². The lowest BCUT2D eigenvalue weighted by molar-refractivity contribution is -0.161. The molecule has 0 spiro atoms. The normalized spacial score (nSPS) is 13.8. The summed E-state index contributed by atoms with van der Waals surface area (Å²) in [5, 5.41) is 0. The molecule has 0 aliphatic heterocycles. The number of carbonyl (C=O) groups excluding carboxylic acids is 2. The summed E-state index contributed by atoms with van der Waals surface area (Å²) in [6.45, 7) is 3.52. The molecule has 0 aromatic carbocycles. The third-order valence-electron chi connectivity index (χ3n) is 14.5. The summed E-state index contributed by atoms with van der Waals surface area (Å²) in [5.41, 5.74) is 5.40. The van der Waals surface area contributed by atoms with Crippen LogP contribution in [-0.4, -0.2) is 49.3 Å². The van der Waals surface area contributed by atoms with Gasteiger partial charge in [0.1, 0.15) is 6.61 Å². The average molecular weight is 1200 g/mol. The Hall–Kier alpha value is -3.85. The Bertz CT molecular complexity index is 1860. The number of carbonyl (C=O) groups is 2. The molecule has 0 aromatic heterocycles. The van der Waals surface area contributed by atoms with E-state index in [4.69, 9.17) is 24.3 Å². The molecule has 3 N–H and O–H groups in total. The Morgan fingerprint density at radius 3 is 0.906 bits per heavy atom. The molecule has 0 rings (SSSR count). The van der Waals surface area contributed by atoms with E-state index in [1.807, 2.05) is 0 Å². The van der Waals surface area contributed by atoms with E-state index in [1.165, 1.54) is 148 Å². The zero-order valence-corrected chi connectivity index (χ0v) is 55.4. The van der Waals surface area contributed by atoms with Crippen molar-refractivity contribution >= 4 is 19.8 Å². The van der Waals surface area contributed by atoms with Gasteiger partial charge in [0.25, 0.3) is 0 Å². The molecule has 0 saturated carbocycles. The highest BCUT2D eigenvalue weighted by atomic mass is 31.2. The maximum atomic E-state index is 12.8. The predicted octanol–water partition coefficient (Wildman–Crippen LogP) is 22.9. The van der Waals surface area contributed by atoms with Crippen LogP contribution in [0.25, 0.3) is 0 Å². The van der Waals surface area contributed by atoms with Crippen molar-refractivity contribution in [3.8, 4) is 0 Å². The molecule has 0 bridgehead atoms. The first kappa shape index (κ1) is 81.2. The molecule has 10 heteroatoms. The lowest BCUT2D eigenvalue weighted by Gasteiger charge is -2.19. The molecular formula is C75H128NO8P. The smallest absolute Gasteiger partial charge is 0.462 e. The zero-order chi connectivity index (χ0) is 61.6. The molecule has 0 aliphatic rings. The Kier molecular flexibility index (Phi) is 66.1. The number of esters is 2. The summed E-state index contributed by atoms with van der Waals surface area (Å²) in [6, 6.07) is 0. The van der Waals surface area contributed by atoms with Gasteiger partial charge in [-0.25, -0.2) is 4.57 Å². The maximum Gasteiger partial charge on any atom is 0.472 e. The molecule has 486 valence electrons. The number of rotatable bonds is 64. The largest absolute Gasteiger partial charge is 0.472 e. The molecule has 0 heterocycles. The van der Waals surface area contributed by atoms with E-state index in [1.54, 1.807) is 0 Å². The van der Waals surface area contributed by atoms with Gasteiger partial charge in [-0.2, -0.15) is 0 Å². The zero-order valence-electron chi connectivity index (χ0n) is 54.5. The molecule has 85 heavy (non-hydrogen) atoms. The standard InChI is InChI=1S/C75H128NO8P/c1-3-5-7-9-11-13-15-17-19-21-23-25-27-29-31-32-33-34-35-36-37-38-39-40-42-43-45-47-49-51-53-55-57-59-61-63-65-67-74(77)81-71-73(72-83-85(79,80)82-70-69-76)84-75(78)68-66-64-62-60-58-56-54-52-50-48-46-44-41-30-28-26-24-22-20-18-16-14-12-10-8-6-4-2/h5-8,11-14,17-20,23-26,29-31,41,46,48,73H,3-4,9-10,15-16,21-22,27-28,32-40,42-45,47,49-72,76H2,1-2H3,(H,79,80)/b7-5-,8-6-,13-11-,14-12-,19-17-,20-18-,25-23-,26-24-,31-29-,41-30-,48-46-. The minimum absolute atomic E-state index is 0.0472. The van der Waals surface area contributed by atoms with Crippen LogP contribution in [0.2, 0.25) is 0 Å². The van der Waals surface area contributed by atoms with Crippen molar-refractivity contribution in [3.05, 3.63) is 134 Å². The summed E-state index contributed by atoms with van der Waals surface area (Å²) in [4.78, 5) is 35.4. The van der Waals surface area contributed by atoms with Gasteiger partial charge in [0, 0.05) is 19.4 Å². The van der Waals surface area contributed by atoms with Crippen molar-refractivity contribution in [1.82, 2.24) is 0 Å². The highest BCUT2D eigenvalue weighted by Crippen LogP contribution is 2.43. The van der Waals surface area contributed by atoms with Gasteiger partial charge in [-0.15, -0.1) is 0 Å². The summed E-state index contributed by atoms with van der Waals surface area (Å²) < 4.78 is 33.2. The molecule has 2 unspecified atom stereocenters. The quantitative estimate of drug-likeness (QED) is 0.0264. The van der Waals surface area contributed by atoms with Crippen LogP contribution in [0.3, 0.4) is 0 Å². The molecule has 0 aromatic rings. The average Bonchev–Trinajstić information content (AvgIpc) is 3.53. The molecule has 2 atom stereocenters. The van der Waals surface area contributed by atoms with Crippen molar-refractivity contribution in [2.45, 2.75) is 302 Å². The second-order valence-electron chi connectivity index (χ2n) is 22.6. The summed E-state index contributed by atoms with van der Waals surface area (Å²) >= 11 is 0. The van der Waals surface area contributed by atoms with Gasteiger partial charge in [-0.1, -0.05) is 308 Å². The van der Waals surface area contributed by atoms with E-state index in [-0.39, 0.29) is 38.6 Å². The Morgan fingerprint density at radius 1 is 0.353 bits per heavy atom. The molecule has 0 amide bonds. The fourth-order valence-corrected chi connectivity index (χ4v) is 10.3. The van der Waals surface area contributed by atoms with Crippen LogP contribution in [0.5, 0.6) is 0 Å². The van der Waals surface area contributed by atoms with Crippen LogP contribution in [0.4, 0.5) is 0 Å². The maximum absolute atomic E-state index is 12.8. The third kappa shape index (κ3) is 69.1. The predicted molar refractivity (Wildman–Crippen MR) is 367 cm³/mol. The second-order valence-corrected chi connectivity index (χ2v) is 24.1. The highest BCUT2D eigenvalue weighted by Gasteiger charge is 2.26. The van der Waals surface area contributed by atoms with Crippen molar-refractivity contribution in [1.29, 1.82) is 0 Å². The van der Waals surface area contributed by atoms with Crippen molar-refractivity contribution in [2.75, 3.05) is 26.4 Å². The SMILES string of the molecule is CC/C=C\C/C=C\C/C=C\C/C=C\C/C=C\C/C=C\CCCCCCCCCCC(=O)OC(COC(=O)CCCCCCCCCCCCCCCCCCCCCCC/C=C\C/C=C\C/C=C\C/C=C\C/C=C\CC)COP(=O)(O)OCCN. The number of phosphoric acid groups is 1. The lowest BCUT2D eigenvalue weighted by atomic mass is 10.0. The Labute approximate surface area is 523 Å². The highest BCUT2D eigenvalue weighted by molar-refractivity contribution is 7.47. The Morgan fingerprint density at radius 2 is 0.612 bits per heavy atom. The second kappa shape index (κ2) is 69.3. The van der Waals surface area contributed by atoms with Gasteiger partial charge < -0.3 is 20.1 Å². The van der Waals surface area contributed by atoms with E-state index in [0.29, 0.717) is 6.42 Å². The fraction of sp³-hybridized carbons (Fsp3) is 0.680. The summed E-state index contributed by atoms with van der Waals surface area (Å²) in [5.74, 6) is -0.834. The van der Waals surface area contributed by atoms with E-state index in [2.05, 4.69) is 148 Å². The van der Waals surface area contributed by atoms with Crippen LogP contribution in [0.1, 0.15) is 296 Å². The van der Waals surface area contributed by atoms with Gasteiger partial charge in [0.2, 0.25) is 0 Å². The summed E-state index contributed by atoms with van der Waals surface area (Å²) in [6.07, 6.45) is 98.3. The Balaban J connectivity index is 3.88. The van der Waals surface area contributed by atoms with Crippen LogP contribution in [0, 0.1) is 0 Å². The number of hydrogen-bond acceptors (Lipinski definition) is 8. The van der Waals surface area contributed by atoms with Crippen LogP contribution in [-0.2, 0) is 32.7 Å². The van der Waals surface area contributed by atoms with E-state index >= 15 is 0 Å². The monoisotopic (exact) mass is 1200 g/mol. The molecule has 0 saturated heterocycles.